The van der Waals surface area contributed by atoms with Gasteiger partial charge in [-0.05, 0) is 49.2 Å². The Morgan fingerprint density at radius 3 is 2.45 bits per heavy atom. The monoisotopic (exact) mass is 395 g/mol. The Morgan fingerprint density at radius 1 is 1.03 bits per heavy atom. The van der Waals surface area contributed by atoms with Gasteiger partial charge in [0.25, 0.3) is 11.8 Å². The molecule has 3 rings (SSSR count). The number of amides is 3. The molecule has 0 aliphatic carbocycles. The van der Waals surface area contributed by atoms with E-state index < -0.39 is 6.04 Å². The molecular weight excluding hydrogens is 370 g/mol. The standard InChI is InChI=1S/C22H25N3O4/c1-29-15-13-23-21(27)19-8-5-14-25(19)22(28)17-9-11-18(12-10-17)24-20(26)16-6-3-2-4-7-16/h2-4,6-7,9-12,19H,5,8,13-15H2,1H3,(H,23,27)(H,24,26). The van der Waals surface area contributed by atoms with Crippen molar-refractivity contribution in [2.45, 2.75) is 18.9 Å². The minimum Gasteiger partial charge on any atom is -0.383 e. The summed E-state index contributed by atoms with van der Waals surface area (Å²) in [5.41, 5.74) is 1.65. The van der Waals surface area contributed by atoms with Crippen LogP contribution in [0.1, 0.15) is 33.6 Å². The third-order valence-corrected chi connectivity index (χ3v) is 4.85. The SMILES string of the molecule is COCCNC(=O)C1CCCN1C(=O)c1ccc(NC(=O)c2ccccc2)cc1. The lowest BCUT2D eigenvalue weighted by atomic mass is 10.1. The van der Waals surface area contributed by atoms with Crippen LogP contribution in [0.3, 0.4) is 0 Å². The highest BCUT2D eigenvalue weighted by Gasteiger charge is 2.34. The number of nitrogens with zero attached hydrogens (tertiary/aromatic N) is 1. The summed E-state index contributed by atoms with van der Waals surface area (Å²) in [6, 6.07) is 15.2. The second-order valence-electron chi connectivity index (χ2n) is 6.84. The van der Waals surface area contributed by atoms with E-state index in [0.717, 1.165) is 6.42 Å². The van der Waals surface area contributed by atoms with E-state index in [1.807, 2.05) is 6.07 Å². The van der Waals surface area contributed by atoms with Crippen molar-refractivity contribution in [3.8, 4) is 0 Å². The van der Waals surface area contributed by atoms with Gasteiger partial charge in [-0.1, -0.05) is 18.2 Å². The van der Waals surface area contributed by atoms with Gasteiger partial charge in [0.05, 0.1) is 6.61 Å². The number of methoxy groups -OCH3 is 1. The van der Waals surface area contributed by atoms with E-state index in [2.05, 4.69) is 10.6 Å². The van der Waals surface area contributed by atoms with Crippen LogP contribution in [0.15, 0.2) is 54.6 Å². The van der Waals surface area contributed by atoms with Crippen molar-refractivity contribution in [2.75, 3.05) is 32.1 Å². The van der Waals surface area contributed by atoms with Gasteiger partial charge in [-0.25, -0.2) is 0 Å². The Labute approximate surface area is 170 Å². The molecule has 1 aliphatic heterocycles. The zero-order valence-electron chi connectivity index (χ0n) is 16.4. The summed E-state index contributed by atoms with van der Waals surface area (Å²) in [6.07, 6.45) is 1.44. The summed E-state index contributed by atoms with van der Waals surface area (Å²) in [6.45, 7) is 1.40. The molecule has 2 aromatic rings. The van der Waals surface area contributed by atoms with E-state index in [9.17, 15) is 14.4 Å². The van der Waals surface area contributed by atoms with Crippen LogP contribution in [0.25, 0.3) is 0 Å². The van der Waals surface area contributed by atoms with Crippen molar-refractivity contribution < 1.29 is 19.1 Å². The van der Waals surface area contributed by atoms with Crippen LogP contribution in [0, 0.1) is 0 Å². The second-order valence-corrected chi connectivity index (χ2v) is 6.84. The van der Waals surface area contributed by atoms with E-state index in [0.29, 0.717) is 42.9 Å². The molecule has 29 heavy (non-hydrogen) atoms. The zero-order valence-corrected chi connectivity index (χ0v) is 16.4. The first-order valence-electron chi connectivity index (χ1n) is 9.64. The minimum absolute atomic E-state index is 0.153. The molecule has 1 heterocycles. The van der Waals surface area contributed by atoms with Crippen LogP contribution in [-0.2, 0) is 9.53 Å². The molecular formula is C22H25N3O4. The molecule has 1 aliphatic rings. The van der Waals surface area contributed by atoms with Crippen LogP contribution in [0.2, 0.25) is 0 Å². The second kappa shape index (κ2) is 9.84. The molecule has 0 radical (unpaired) electrons. The topological polar surface area (TPSA) is 87.7 Å². The van der Waals surface area contributed by atoms with Crippen molar-refractivity contribution in [1.29, 1.82) is 0 Å². The Bertz CT molecular complexity index is 852. The number of hydrogen-bond acceptors (Lipinski definition) is 4. The smallest absolute Gasteiger partial charge is 0.255 e. The van der Waals surface area contributed by atoms with Gasteiger partial charge < -0.3 is 20.3 Å². The normalized spacial score (nSPS) is 15.8. The molecule has 1 fully saturated rings. The van der Waals surface area contributed by atoms with Gasteiger partial charge in [0.2, 0.25) is 5.91 Å². The van der Waals surface area contributed by atoms with Crippen LogP contribution < -0.4 is 10.6 Å². The highest BCUT2D eigenvalue weighted by molar-refractivity contribution is 6.04. The van der Waals surface area contributed by atoms with Gasteiger partial charge in [0.1, 0.15) is 6.04 Å². The molecule has 7 heteroatoms. The summed E-state index contributed by atoms with van der Waals surface area (Å²) >= 11 is 0. The fourth-order valence-corrected chi connectivity index (χ4v) is 3.33. The predicted molar refractivity (Wildman–Crippen MR) is 110 cm³/mol. The first kappa shape index (κ1) is 20.5. The van der Waals surface area contributed by atoms with Crippen molar-refractivity contribution in [3.63, 3.8) is 0 Å². The molecule has 2 N–H and O–H groups in total. The molecule has 2 aromatic carbocycles. The molecule has 3 amide bonds. The minimum atomic E-state index is -0.461. The Hall–Kier alpha value is -3.19. The van der Waals surface area contributed by atoms with Gasteiger partial charge in [-0.15, -0.1) is 0 Å². The van der Waals surface area contributed by atoms with Crippen molar-refractivity contribution in [2.24, 2.45) is 0 Å². The first-order valence-corrected chi connectivity index (χ1v) is 9.64. The van der Waals surface area contributed by atoms with Crippen LogP contribution in [0.4, 0.5) is 5.69 Å². The lowest BCUT2D eigenvalue weighted by Crippen LogP contribution is -2.46. The average Bonchev–Trinajstić information content (AvgIpc) is 3.24. The lowest BCUT2D eigenvalue weighted by Gasteiger charge is -2.24. The third kappa shape index (κ3) is 5.20. The number of ether oxygens (including phenoxy) is 1. The van der Waals surface area contributed by atoms with E-state index in [4.69, 9.17) is 4.74 Å². The highest BCUT2D eigenvalue weighted by atomic mass is 16.5. The molecule has 152 valence electrons. The quantitative estimate of drug-likeness (QED) is 0.705. The highest BCUT2D eigenvalue weighted by Crippen LogP contribution is 2.21. The number of anilines is 1. The summed E-state index contributed by atoms with van der Waals surface area (Å²) < 4.78 is 4.94. The number of carbonyl (C=O) groups is 3. The molecule has 0 aromatic heterocycles. The summed E-state index contributed by atoms with van der Waals surface area (Å²) in [7, 11) is 1.57. The number of rotatable bonds is 7. The average molecular weight is 395 g/mol. The largest absolute Gasteiger partial charge is 0.383 e. The maximum Gasteiger partial charge on any atom is 0.255 e. The predicted octanol–water partition coefficient (Wildman–Crippen LogP) is 2.31. The van der Waals surface area contributed by atoms with E-state index in [1.54, 1.807) is 60.5 Å². The molecule has 0 bridgehead atoms. The number of hydrogen-bond donors (Lipinski definition) is 2. The fourth-order valence-electron chi connectivity index (χ4n) is 3.33. The molecule has 1 atom stereocenters. The van der Waals surface area contributed by atoms with Gasteiger partial charge >= 0.3 is 0 Å². The zero-order chi connectivity index (χ0) is 20.6. The molecule has 0 saturated carbocycles. The summed E-state index contributed by atoms with van der Waals surface area (Å²) in [5, 5.41) is 5.61. The number of carbonyl (C=O) groups excluding carboxylic acids is 3. The molecule has 0 spiro atoms. The summed E-state index contributed by atoms with van der Waals surface area (Å²) in [4.78, 5) is 39.1. The lowest BCUT2D eigenvalue weighted by molar-refractivity contribution is -0.125. The van der Waals surface area contributed by atoms with E-state index in [-0.39, 0.29) is 17.7 Å². The molecule has 7 nitrogen and oxygen atoms in total. The number of nitrogens with one attached hydrogen (secondary N) is 2. The Morgan fingerprint density at radius 2 is 1.76 bits per heavy atom. The van der Waals surface area contributed by atoms with E-state index in [1.165, 1.54) is 0 Å². The maximum atomic E-state index is 12.9. The van der Waals surface area contributed by atoms with Gasteiger partial charge in [-0.2, -0.15) is 0 Å². The van der Waals surface area contributed by atoms with E-state index >= 15 is 0 Å². The first-order chi connectivity index (χ1) is 14.1. The third-order valence-electron chi connectivity index (χ3n) is 4.85. The molecule has 1 saturated heterocycles. The van der Waals surface area contributed by atoms with Gasteiger partial charge in [-0.3, -0.25) is 14.4 Å². The van der Waals surface area contributed by atoms with Crippen molar-refractivity contribution in [3.05, 3.63) is 65.7 Å². The number of benzene rings is 2. The van der Waals surface area contributed by atoms with Crippen molar-refractivity contribution >= 4 is 23.4 Å². The summed E-state index contributed by atoms with van der Waals surface area (Å²) in [5.74, 6) is -0.549. The Balaban J connectivity index is 1.62. The Kier molecular flexibility index (Phi) is 6.97. The van der Waals surface area contributed by atoms with Crippen LogP contribution in [-0.4, -0.2) is 55.5 Å². The molecule has 1 unspecified atom stereocenters. The van der Waals surface area contributed by atoms with Gasteiger partial charge in [0, 0.05) is 37.0 Å². The fraction of sp³-hybridized carbons (Fsp3) is 0.318. The maximum absolute atomic E-state index is 12.9. The van der Waals surface area contributed by atoms with Crippen LogP contribution in [0.5, 0.6) is 0 Å². The number of likely N-dealkylation sites (tertiary alicyclic amines) is 1. The van der Waals surface area contributed by atoms with Crippen molar-refractivity contribution in [1.82, 2.24) is 10.2 Å². The van der Waals surface area contributed by atoms with Crippen LogP contribution >= 0.6 is 0 Å². The van der Waals surface area contributed by atoms with Gasteiger partial charge in [0.15, 0.2) is 0 Å².